The fraction of sp³-hybridized carbons (Fsp3) is 0.292. The number of hydrogen-bond acceptors (Lipinski definition) is 6. The predicted molar refractivity (Wildman–Crippen MR) is 128 cm³/mol. The van der Waals surface area contributed by atoms with Crippen LogP contribution in [0.4, 0.5) is 0 Å². The van der Waals surface area contributed by atoms with Crippen LogP contribution in [-0.2, 0) is 25.8 Å². The fourth-order valence-electron chi connectivity index (χ4n) is 3.52. The van der Waals surface area contributed by atoms with Crippen LogP contribution in [0.2, 0.25) is 0 Å². The van der Waals surface area contributed by atoms with Crippen molar-refractivity contribution in [3.05, 3.63) is 88.8 Å². The number of rotatable bonds is 9. The molecule has 0 bridgehead atoms. The molecular weight excluding hydrogens is 434 g/mol. The van der Waals surface area contributed by atoms with E-state index in [1.54, 1.807) is 18.0 Å². The molecule has 8 nitrogen and oxygen atoms in total. The van der Waals surface area contributed by atoms with Crippen molar-refractivity contribution in [2.24, 2.45) is 7.05 Å². The van der Waals surface area contributed by atoms with E-state index in [4.69, 9.17) is 0 Å². The molecule has 170 valence electrons. The van der Waals surface area contributed by atoms with E-state index in [0.29, 0.717) is 25.1 Å². The molecule has 1 N–H and O–H groups in total. The first kappa shape index (κ1) is 22.7. The zero-order valence-corrected chi connectivity index (χ0v) is 19.8. The van der Waals surface area contributed by atoms with Gasteiger partial charge in [-0.05, 0) is 49.7 Å². The molecule has 0 aliphatic heterocycles. The van der Waals surface area contributed by atoms with E-state index >= 15 is 0 Å². The summed E-state index contributed by atoms with van der Waals surface area (Å²) in [6.07, 6.45) is 2.39. The van der Waals surface area contributed by atoms with Crippen molar-refractivity contribution in [2.45, 2.75) is 37.7 Å². The smallest absolute Gasteiger partial charge is 0.251 e. The van der Waals surface area contributed by atoms with Gasteiger partial charge in [0.25, 0.3) is 5.91 Å². The van der Waals surface area contributed by atoms with Gasteiger partial charge in [0.1, 0.15) is 5.82 Å². The molecule has 3 heterocycles. The van der Waals surface area contributed by atoms with E-state index in [9.17, 15) is 4.79 Å². The molecule has 3 aromatic heterocycles. The SMILES string of the molecule is Cc1cc(C)n(Cc2cccc(C(=O)NCCc3nnc(SCc4ccccn4)n3C)c2)n1. The molecule has 33 heavy (non-hydrogen) atoms. The highest BCUT2D eigenvalue weighted by molar-refractivity contribution is 7.98. The second-order valence-electron chi connectivity index (χ2n) is 7.86. The molecule has 0 saturated heterocycles. The first-order chi connectivity index (χ1) is 16.0. The predicted octanol–water partition coefficient (Wildman–Crippen LogP) is 3.34. The Morgan fingerprint density at radius 1 is 1.09 bits per heavy atom. The lowest BCUT2D eigenvalue weighted by Crippen LogP contribution is -2.26. The number of aromatic nitrogens is 6. The highest BCUT2D eigenvalue weighted by Crippen LogP contribution is 2.20. The van der Waals surface area contributed by atoms with Crippen LogP contribution in [0.5, 0.6) is 0 Å². The number of aryl methyl sites for hydroxylation is 2. The summed E-state index contributed by atoms with van der Waals surface area (Å²) in [4.78, 5) is 17.0. The van der Waals surface area contributed by atoms with Crippen LogP contribution >= 0.6 is 11.8 Å². The molecule has 4 aromatic rings. The van der Waals surface area contributed by atoms with Crippen LogP contribution in [0.25, 0.3) is 0 Å². The Labute approximate surface area is 197 Å². The summed E-state index contributed by atoms with van der Waals surface area (Å²) in [5, 5.41) is 16.9. The molecule has 0 saturated carbocycles. The third kappa shape index (κ3) is 5.87. The van der Waals surface area contributed by atoms with Gasteiger partial charge in [-0.15, -0.1) is 10.2 Å². The van der Waals surface area contributed by atoms with Crippen LogP contribution in [0.3, 0.4) is 0 Å². The fourth-order valence-corrected chi connectivity index (χ4v) is 4.36. The van der Waals surface area contributed by atoms with Crippen molar-refractivity contribution in [3.63, 3.8) is 0 Å². The second-order valence-corrected chi connectivity index (χ2v) is 8.80. The van der Waals surface area contributed by atoms with Crippen molar-refractivity contribution in [3.8, 4) is 0 Å². The summed E-state index contributed by atoms with van der Waals surface area (Å²) in [7, 11) is 1.94. The molecule has 0 aliphatic carbocycles. The van der Waals surface area contributed by atoms with Crippen LogP contribution in [0.1, 0.15) is 38.8 Å². The van der Waals surface area contributed by atoms with Crippen LogP contribution in [-0.4, -0.2) is 42.0 Å². The van der Waals surface area contributed by atoms with Gasteiger partial charge in [0.05, 0.1) is 17.9 Å². The van der Waals surface area contributed by atoms with E-state index in [1.165, 1.54) is 0 Å². The summed E-state index contributed by atoms with van der Waals surface area (Å²) in [5.41, 5.74) is 4.77. The molecule has 0 aliphatic rings. The monoisotopic (exact) mass is 461 g/mol. The van der Waals surface area contributed by atoms with Crippen molar-refractivity contribution in [2.75, 3.05) is 6.54 Å². The van der Waals surface area contributed by atoms with Crippen LogP contribution in [0.15, 0.2) is 59.9 Å². The normalized spacial score (nSPS) is 11.0. The van der Waals surface area contributed by atoms with Crippen molar-refractivity contribution in [1.29, 1.82) is 0 Å². The number of carbonyl (C=O) groups is 1. The summed E-state index contributed by atoms with van der Waals surface area (Å²) in [6.45, 7) is 5.13. The number of hydrogen-bond donors (Lipinski definition) is 1. The van der Waals surface area contributed by atoms with Gasteiger partial charge >= 0.3 is 0 Å². The Morgan fingerprint density at radius 3 is 2.73 bits per heavy atom. The maximum Gasteiger partial charge on any atom is 0.251 e. The molecule has 1 amide bonds. The lowest BCUT2D eigenvalue weighted by atomic mass is 10.1. The van der Waals surface area contributed by atoms with Crippen LogP contribution in [0, 0.1) is 13.8 Å². The third-order valence-electron chi connectivity index (χ3n) is 5.26. The molecule has 4 rings (SSSR count). The molecule has 0 fully saturated rings. The van der Waals surface area contributed by atoms with Gasteiger partial charge < -0.3 is 9.88 Å². The first-order valence-corrected chi connectivity index (χ1v) is 11.8. The Bertz CT molecular complexity index is 1230. The minimum absolute atomic E-state index is 0.0999. The van der Waals surface area contributed by atoms with E-state index in [0.717, 1.165) is 39.4 Å². The Balaban J connectivity index is 1.30. The highest BCUT2D eigenvalue weighted by atomic mass is 32.2. The van der Waals surface area contributed by atoms with Gasteiger partial charge in [0, 0.05) is 43.2 Å². The number of pyridine rings is 1. The molecule has 0 unspecified atom stereocenters. The molecule has 9 heteroatoms. The largest absolute Gasteiger partial charge is 0.352 e. The molecule has 0 spiro atoms. The van der Waals surface area contributed by atoms with Gasteiger partial charge in [-0.25, -0.2) is 0 Å². The lowest BCUT2D eigenvalue weighted by Gasteiger charge is -2.09. The number of carbonyl (C=O) groups excluding carboxylic acids is 1. The lowest BCUT2D eigenvalue weighted by molar-refractivity contribution is 0.0953. The average molecular weight is 462 g/mol. The maximum atomic E-state index is 12.7. The number of nitrogens with one attached hydrogen (secondary N) is 1. The van der Waals surface area contributed by atoms with Gasteiger partial charge in [-0.1, -0.05) is 30.0 Å². The number of thioether (sulfide) groups is 1. The Kier molecular flexibility index (Phi) is 7.19. The second kappa shape index (κ2) is 10.4. The zero-order chi connectivity index (χ0) is 23.2. The van der Waals surface area contributed by atoms with E-state index in [-0.39, 0.29) is 5.91 Å². The van der Waals surface area contributed by atoms with Crippen LogP contribution < -0.4 is 5.32 Å². The van der Waals surface area contributed by atoms with E-state index in [2.05, 4.69) is 25.6 Å². The highest BCUT2D eigenvalue weighted by Gasteiger charge is 2.12. The van der Waals surface area contributed by atoms with Crippen molar-refractivity contribution in [1.82, 2.24) is 34.8 Å². The van der Waals surface area contributed by atoms with Crippen molar-refractivity contribution < 1.29 is 4.79 Å². The van der Waals surface area contributed by atoms with Gasteiger partial charge in [0.15, 0.2) is 5.16 Å². The third-order valence-corrected chi connectivity index (χ3v) is 6.31. The molecule has 0 atom stereocenters. The van der Waals surface area contributed by atoms with Gasteiger partial charge in [0.2, 0.25) is 0 Å². The van der Waals surface area contributed by atoms with Crippen molar-refractivity contribution >= 4 is 17.7 Å². The minimum atomic E-state index is -0.0999. The number of nitrogens with zero attached hydrogens (tertiary/aromatic N) is 6. The topological polar surface area (TPSA) is 90.5 Å². The quantitative estimate of drug-likeness (QED) is 0.385. The first-order valence-electron chi connectivity index (χ1n) is 10.8. The van der Waals surface area contributed by atoms with Gasteiger partial charge in [-0.3, -0.25) is 14.5 Å². The Hall–Kier alpha value is -3.46. The van der Waals surface area contributed by atoms with E-state index < -0.39 is 0 Å². The standard InChI is InChI=1S/C24H27N7OS/c1-17-13-18(2)31(29-17)15-19-7-6-8-20(14-19)23(32)26-12-10-22-27-28-24(30(22)3)33-16-21-9-4-5-11-25-21/h4-9,11,13-14H,10,12,15-16H2,1-3H3,(H,26,32). The summed E-state index contributed by atoms with van der Waals surface area (Å²) >= 11 is 1.59. The Morgan fingerprint density at radius 2 is 1.97 bits per heavy atom. The molecule has 1 aromatic carbocycles. The summed E-state index contributed by atoms with van der Waals surface area (Å²) in [6, 6.07) is 15.6. The van der Waals surface area contributed by atoms with Gasteiger partial charge in [-0.2, -0.15) is 5.10 Å². The minimum Gasteiger partial charge on any atom is -0.352 e. The molecule has 0 radical (unpaired) electrons. The zero-order valence-electron chi connectivity index (χ0n) is 19.0. The molecular formula is C24H27N7OS. The number of amides is 1. The van der Waals surface area contributed by atoms with E-state index in [1.807, 2.05) is 78.7 Å². The summed E-state index contributed by atoms with van der Waals surface area (Å²) < 4.78 is 3.92. The average Bonchev–Trinajstić information content (AvgIpc) is 3.33. The maximum absolute atomic E-state index is 12.7. The number of benzene rings is 1. The summed E-state index contributed by atoms with van der Waals surface area (Å²) in [5.74, 6) is 1.46.